The molecule has 0 atom stereocenters. The summed E-state index contributed by atoms with van der Waals surface area (Å²) in [4.78, 5) is 8.69. The summed E-state index contributed by atoms with van der Waals surface area (Å²) in [6.07, 6.45) is 4.05. The molecule has 0 saturated carbocycles. The molecular formula is C23H28N6. The molecule has 0 radical (unpaired) electrons. The predicted molar refractivity (Wildman–Crippen MR) is 119 cm³/mol. The molecule has 1 fully saturated rings. The number of rotatable bonds is 7. The number of aromatic nitrogens is 2. The highest BCUT2D eigenvalue weighted by molar-refractivity contribution is 5.79. The molecule has 29 heavy (non-hydrogen) atoms. The molecule has 0 aliphatic carbocycles. The Balaban J connectivity index is 1.52. The van der Waals surface area contributed by atoms with Crippen molar-refractivity contribution in [2.24, 2.45) is 0 Å². The molecule has 0 bridgehead atoms. The molecular weight excluding hydrogens is 360 g/mol. The minimum Gasteiger partial charge on any atom is -0.369 e. The van der Waals surface area contributed by atoms with Crippen LogP contribution in [0.2, 0.25) is 0 Å². The van der Waals surface area contributed by atoms with Gasteiger partial charge in [0, 0.05) is 37.9 Å². The highest BCUT2D eigenvalue weighted by Crippen LogP contribution is 2.30. The molecule has 3 aromatic rings. The van der Waals surface area contributed by atoms with Crippen molar-refractivity contribution in [3.05, 3.63) is 60.3 Å². The molecule has 4 N–H and O–H groups in total. The summed E-state index contributed by atoms with van der Waals surface area (Å²) in [5.41, 5.74) is 14.9. The minimum absolute atomic E-state index is 0.285. The Labute approximate surface area is 172 Å². The molecule has 2 heterocycles. The summed E-state index contributed by atoms with van der Waals surface area (Å²) in [7, 11) is 0. The maximum atomic E-state index is 5.87. The van der Waals surface area contributed by atoms with Crippen molar-refractivity contribution < 1.29 is 0 Å². The van der Waals surface area contributed by atoms with Crippen LogP contribution in [0.4, 0.5) is 11.8 Å². The Morgan fingerprint density at radius 2 is 1.90 bits per heavy atom. The number of aryl methyl sites for hydroxylation is 1. The molecule has 6 nitrogen and oxygen atoms in total. The number of nitrogens with zero attached hydrogens (tertiary/aromatic N) is 3. The maximum Gasteiger partial charge on any atom is 0.221 e. The van der Waals surface area contributed by atoms with Crippen LogP contribution in [0.5, 0.6) is 0 Å². The van der Waals surface area contributed by atoms with Crippen LogP contribution < -0.4 is 16.5 Å². The third kappa shape index (κ3) is 4.91. The average molecular weight is 389 g/mol. The summed E-state index contributed by atoms with van der Waals surface area (Å²) in [6.45, 7) is 6.17. The number of nitrogens with one attached hydrogen (secondary N) is 2. The topological polar surface area (TPSA) is 79.1 Å². The number of hydrazine groups is 1. The number of hydrogen-bond donors (Lipinski definition) is 3. The van der Waals surface area contributed by atoms with Gasteiger partial charge in [-0.05, 0) is 42.5 Å². The predicted octanol–water partition coefficient (Wildman–Crippen LogP) is 3.71. The van der Waals surface area contributed by atoms with Crippen molar-refractivity contribution in [1.82, 2.24) is 20.4 Å². The fraction of sp³-hybridized carbons (Fsp3) is 0.304. The summed E-state index contributed by atoms with van der Waals surface area (Å²) in [5, 5.41) is 5.74. The van der Waals surface area contributed by atoms with Crippen molar-refractivity contribution in [3.63, 3.8) is 0 Å². The van der Waals surface area contributed by atoms with E-state index in [-0.39, 0.29) is 5.95 Å². The fourth-order valence-electron chi connectivity index (χ4n) is 3.69. The first-order valence-corrected chi connectivity index (χ1v) is 10.2. The fourth-order valence-corrected chi connectivity index (χ4v) is 3.69. The number of benzene rings is 2. The molecule has 1 aromatic heterocycles. The Hall–Kier alpha value is -2.96. The lowest BCUT2D eigenvalue weighted by molar-refractivity contribution is 0.253. The number of hydrogen-bond acceptors (Lipinski definition) is 6. The van der Waals surface area contributed by atoms with Gasteiger partial charge in [-0.2, -0.15) is 4.98 Å². The molecule has 1 aliphatic heterocycles. The van der Waals surface area contributed by atoms with E-state index in [1.54, 1.807) is 0 Å². The summed E-state index contributed by atoms with van der Waals surface area (Å²) in [6, 6.07) is 17.0. The van der Waals surface area contributed by atoms with Crippen molar-refractivity contribution in [3.8, 4) is 22.3 Å². The molecule has 0 spiro atoms. The van der Waals surface area contributed by atoms with Gasteiger partial charge in [-0.25, -0.2) is 9.99 Å². The summed E-state index contributed by atoms with van der Waals surface area (Å²) >= 11 is 0. The smallest absolute Gasteiger partial charge is 0.221 e. The molecule has 150 valence electrons. The number of anilines is 2. The van der Waals surface area contributed by atoms with Gasteiger partial charge in [0.1, 0.15) is 5.82 Å². The van der Waals surface area contributed by atoms with E-state index < -0.39 is 0 Å². The molecule has 2 aromatic carbocycles. The second kappa shape index (κ2) is 9.03. The van der Waals surface area contributed by atoms with E-state index >= 15 is 0 Å². The first-order valence-electron chi connectivity index (χ1n) is 10.2. The quantitative estimate of drug-likeness (QED) is 0.536. The molecule has 0 amide bonds. The van der Waals surface area contributed by atoms with Gasteiger partial charge in [0.2, 0.25) is 5.95 Å². The van der Waals surface area contributed by atoms with E-state index in [2.05, 4.69) is 81.2 Å². The zero-order valence-electron chi connectivity index (χ0n) is 16.9. The Morgan fingerprint density at radius 3 is 2.69 bits per heavy atom. The Morgan fingerprint density at radius 1 is 1.10 bits per heavy atom. The Kier molecular flexibility index (Phi) is 6.03. The lowest BCUT2D eigenvalue weighted by Gasteiger charge is -2.16. The monoisotopic (exact) mass is 388 g/mol. The summed E-state index contributed by atoms with van der Waals surface area (Å²) in [5.74, 6) is 1.07. The van der Waals surface area contributed by atoms with Gasteiger partial charge < -0.3 is 11.1 Å². The summed E-state index contributed by atoms with van der Waals surface area (Å²) < 4.78 is 0. The van der Waals surface area contributed by atoms with Crippen LogP contribution >= 0.6 is 0 Å². The average Bonchev–Trinajstić information content (AvgIpc) is 3.25. The highest BCUT2D eigenvalue weighted by atomic mass is 15.5. The van der Waals surface area contributed by atoms with E-state index in [1.165, 1.54) is 23.1 Å². The number of nitrogen functional groups attached to an aromatic ring is 1. The highest BCUT2D eigenvalue weighted by Gasteiger charge is 2.12. The van der Waals surface area contributed by atoms with Crippen LogP contribution in [0, 0.1) is 6.92 Å². The molecule has 0 unspecified atom stereocenters. The SMILES string of the molecule is Cc1cccc(-c2cccc(-c3cnc(N)nc3NCCCN3CCCN3)c2)c1. The minimum atomic E-state index is 0.285. The number of nitrogens with two attached hydrogens (primary N) is 1. The standard InChI is InChI=1S/C23H28N6/c1-17-6-2-7-18(14-17)19-8-3-9-20(15-19)21-16-26-23(24)28-22(21)25-10-4-12-29-13-5-11-27-29/h2-3,6-9,14-16,27H,4-5,10-13H2,1H3,(H3,24,25,26,28). The first-order chi connectivity index (χ1) is 14.2. The van der Waals surface area contributed by atoms with Gasteiger partial charge in [0.15, 0.2) is 0 Å². The normalized spacial score (nSPS) is 14.2. The lowest BCUT2D eigenvalue weighted by Crippen LogP contribution is -2.32. The van der Waals surface area contributed by atoms with Crippen molar-refractivity contribution in [2.75, 3.05) is 37.2 Å². The van der Waals surface area contributed by atoms with Gasteiger partial charge in [-0.3, -0.25) is 5.43 Å². The second-order valence-electron chi connectivity index (χ2n) is 7.47. The van der Waals surface area contributed by atoms with Crippen LogP contribution in [-0.2, 0) is 0 Å². The largest absolute Gasteiger partial charge is 0.369 e. The van der Waals surface area contributed by atoms with Crippen LogP contribution in [0.25, 0.3) is 22.3 Å². The molecule has 1 saturated heterocycles. The third-order valence-electron chi connectivity index (χ3n) is 5.17. The van der Waals surface area contributed by atoms with E-state index in [0.29, 0.717) is 0 Å². The molecule has 4 rings (SSSR count). The second-order valence-corrected chi connectivity index (χ2v) is 7.47. The van der Waals surface area contributed by atoms with Crippen molar-refractivity contribution in [1.29, 1.82) is 0 Å². The van der Waals surface area contributed by atoms with Gasteiger partial charge >= 0.3 is 0 Å². The van der Waals surface area contributed by atoms with E-state index in [1.807, 2.05) is 6.20 Å². The van der Waals surface area contributed by atoms with Gasteiger partial charge in [0.05, 0.1) is 0 Å². The van der Waals surface area contributed by atoms with Crippen LogP contribution in [-0.4, -0.2) is 41.2 Å². The van der Waals surface area contributed by atoms with E-state index in [4.69, 9.17) is 5.73 Å². The van der Waals surface area contributed by atoms with Crippen LogP contribution in [0.3, 0.4) is 0 Å². The zero-order valence-corrected chi connectivity index (χ0v) is 16.9. The van der Waals surface area contributed by atoms with Crippen LogP contribution in [0.15, 0.2) is 54.7 Å². The molecule has 1 aliphatic rings. The van der Waals surface area contributed by atoms with Crippen molar-refractivity contribution in [2.45, 2.75) is 19.8 Å². The maximum absolute atomic E-state index is 5.87. The van der Waals surface area contributed by atoms with Crippen molar-refractivity contribution >= 4 is 11.8 Å². The third-order valence-corrected chi connectivity index (χ3v) is 5.17. The van der Waals surface area contributed by atoms with E-state index in [9.17, 15) is 0 Å². The van der Waals surface area contributed by atoms with Crippen LogP contribution in [0.1, 0.15) is 18.4 Å². The van der Waals surface area contributed by atoms with Gasteiger partial charge in [-0.1, -0.05) is 48.0 Å². The molecule has 6 heteroatoms. The van der Waals surface area contributed by atoms with Gasteiger partial charge in [-0.15, -0.1) is 0 Å². The zero-order chi connectivity index (χ0) is 20.1. The van der Waals surface area contributed by atoms with Gasteiger partial charge in [0.25, 0.3) is 0 Å². The lowest BCUT2D eigenvalue weighted by atomic mass is 9.99. The first kappa shape index (κ1) is 19.4. The Bertz CT molecular complexity index is 965. The van der Waals surface area contributed by atoms with E-state index in [0.717, 1.165) is 49.5 Å².